The van der Waals surface area contributed by atoms with Gasteiger partial charge in [-0.2, -0.15) is 0 Å². The summed E-state index contributed by atoms with van der Waals surface area (Å²) in [6.07, 6.45) is 3.22. The third-order valence-corrected chi connectivity index (χ3v) is 6.01. The lowest BCUT2D eigenvalue weighted by Gasteiger charge is -2.16. The molecule has 4 rings (SSSR count). The fourth-order valence-electron chi connectivity index (χ4n) is 2.89. The molecule has 0 radical (unpaired) electrons. The number of anilines is 2. The summed E-state index contributed by atoms with van der Waals surface area (Å²) in [6, 6.07) is 13.3. The molecule has 27 heavy (non-hydrogen) atoms. The first-order chi connectivity index (χ1) is 13.2. The van der Waals surface area contributed by atoms with Crippen LogP contribution in [0.2, 0.25) is 0 Å². The van der Waals surface area contributed by atoms with Crippen molar-refractivity contribution >= 4 is 44.3 Å². The lowest BCUT2D eigenvalue weighted by molar-refractivity contribution is -0.122. The van der Waals surface area contributed by atoms with Gasteiger partial charge in [0.1, 0.15) is 5.75 Å². The number of carbonyl (C=O) groups excluding carboxylic acids is 1. The van der Waals surface area contributed by atoms with Crippen molar-refractivity contribution in [2.45, 2.75) is 12.8 Å². The molecule has 1 aliphatic rings. The predicted molar refractivity (Wildman–Crippen MR) is 109 cm³/mol. The molecule has 3 heterocycles. The number of benzene rings is 1. The average Bonchev–Trinajstić information content (AvgIpc) is 3.32. The number of ether oxygens (including phenoxy) is 1. The summed E-state index contributed by atoms with van der Waals surface area (Å²) in [5.74, 6) is 2.09. The van der Waals surface area contributed by atoms with Crippen LogP contribution in [0.4, 0.5) is 10.9 Å². The number of nitrogens with one attached hydrogen (secondary N) is 1. The van der Waals surface area contributed by atoms with Crippen LogP contribution >= 0.6 is 27.5 Å². The molecule has 1 saturated heterocycles. The number of rotatable bonds is 6. The fourth-order valence-corrected chi connectivity index (χ4v) is 4.22. The van der Waals surface area contributed by atoms with Crippen molar-refractivity contribution < 1.29 is 9.53 Å². The Balaban J connectivity index is 1.53. The molecule has 6 nitrogen and oxygen atoms in total. The van der Waals surface area contributed by atoms with Gasteiger partial charge in [-0.05, 0) is 30.7 Å². The molecule has 0 unspecified atom stereocenters. The van der Waals surface area contributed by atoms with Crippen molar-refractivity contribution in [3.63, 3.8) is 0 Å². The lowest BCUT2D eigenvalue weighted by Crippen LogP contribution is -2.20. The molecule has 1 aliphatic heterocycles. The van der Waals surface area contributed by atoms with Gasteiger partial charge in [-0.3, -0.25) is 4.79 Å². The van der Waals surface area contributed by atoms with Crippen LogP contribution in [0.1, 0.15) is 12.1 Å². The molecule has 138 valence electrons. The highest BCUT2D eigenvalue weighted by molar-refractivity contribution is 9.10. The molecule has 1 fully saturated rings. The number of hydrogen-bond acceptors (Lipinski definition) is 6. The standard InChI is InChI=1S/C19H17BrN4O2S/c20-24(19-23-14(12-27-19)11-13-8-10-22-18(13)25)17-16(7-4-9-21-17)26-15-5-2-1-3-6-15/h1-7,9,12-13H,8,10-11H2,(H,22,25)/t13-/m0/s1. The summed E-state index contributed by atoms with van der Waals surface area (Å²) >= 11 is 5.05. The van der Waals surface area contributed by atoms with E-state index >= 15 is 0 Å². The molecule has 0 bridgehead atoms. The number of amides is 1. The molecule has 0 saturated carbocycles. The molecule has 8 heteroatoms. The van der Waals surface area contributed by atoms with E-state index in [1.54, 1.807) is 10.1 Å². The maximum atomic E-state index is 11.8. The molecule has 0 aliphatic carbocycles. The van der Waals surface area contributed by atoms with Crippen LogP contribution in [0.3, 0.4) is 0 Å². The zero-order valence-corrected chi connectivity index (χ0v) is 16.7. The number of carbonyl (C=O) groups is 1. The van der Waals surface area contributed by atoms with Crippen molar-refractivity contribution in [1.82, 2.24) is 15.3 Å². The Morgan fingerprint density at radius 1 is 1.26 bits per heavy atom. The average molecular weight is 445 g/mol. The summed E-state index contributed by atoms with van der Waals surface area (Å²) in [5.41, 5.74) is 0.906. The molecule has 2 aromatic heterocycles. The first-order valence-corrected chi connectivity index (χ1v) is 10.2. The number of hydrogen-bond donors (Lipinski definition) is 1. The van der Waals surface area contributed by atoms with Gasteiger partial charge in [-0.25, -0.2) is 13.9 Å². The van der Waals surface area contributed by atoms with E-state index < -0.39 is 0 Å². The number of nitrogens with zero attached hydrogens (tertiary/aromatic N) is 3. The molecular formula is C19H17BrN4O2S. The van der Waals surface area contributed by atoms with Crippen molar-refractivity contribution in [2.75, 3.05) is 10.5 Å². The van der Waals surface area contributed by atoms with E-state index in [9.17, 15) is 4.79 Å². The number of para-hydroxylation sites is 1. The summed E-state index contributed by atoms with van der Waals surface area (Å²) in [5, 5.41) is 5.58. The minimum Gasteiger partial charge on any atom is -0.453 e. The van der Waals surface area contributed by atoms with E-state index in [0.29, 0.717) is 18.0 Å². The SMILES string of the molecule is O=C1NCC[C@H]1Cc1csc(N(Br)c2ncccc2Oc2ccccc2)n1. The summed E-state index contributed by atoms with van der Waals surface area (Å²) in [4.78, 5) is 20.9. The first-order valence-electron chi connectivity index (χ1n) is 8.56. The highest BCUT2D eigenvalue weighted by Crippen LogP contribution is 2.38. The van der Waals surface area contributed by atoms with Gasteiger partial charge in [0, 0.05) is 30.5 Å². The molecule has 1 amide bonds. The second-order valence-electron chi connectivity index (χ2n) is 6.12. The third kappa shape index (κ3) is 4.12. The Kier molecular flexibility index (Phi) is 5.35. The van der Waals surface area contributed by atoms with E-state index in [-0.39, 0.29) is 11.8 Å². The summed E-state index contributed by atoms with van der Waals surface area (Å²) in [6.45, 7) is 0.749. The van der Waals surface area contributed by atoms with Crippen LogP contribution in [0.5, 0.6) is 11.5 Å². The molecule has 0 spiro atoms. The Morgan fingerprint density at radius 3 is 2.89 bits per heavy atom. The predicted octanol–water partition coefficient (Wildman–Crippen LogP) is 4.46. The van der Waals surface area contributed by atoms with Crippen molar-refractivity contribution in [2.24, 2.45) is 5.92 Å². The summed E-state index contributed by atoms with van der Waals surface area (Å²) in [7, 11) is 0. The number of aromatic nitrogens is 2. The van der Waals surface area contributed by atoms with Crippen LogP contribution < -0.4 is 14.0 Å². The van der Waals surface area contributed by atoms with Crippen LogP contribution in [0, 0.1) is 5.92 Å². The van der Waals surface area contributed by atoms with E-state index in [0.717, 1.165) is 29.5 Å². The van der Waals surface area contributed by atoms with Gasteiger partial charge in [0.15, 0.2) is 11.6 Å². The topological polar surface area (TPSA) is 67.4 Å². The molecular weight excluding hydrogens is 428 g/mol. The van der Waals surface area contributed by atoms with Gasteiger partial charge in [0.25, 0.3) is 0 Å². The minimum atomic E-state index is 0.00977. The van der Waals surface area contributed by atoms with Crippen molar-refractivity contribution in [1.29, 1.82) is 0 Å². The number of pyridine rings is 1. The van der Waals surface area contributed by atoms with Gasteiger partial charge >= 0.3 is 0 Å². The minimum absolute atomic E-state index is 0.00977. The molecule has 1 aromatic carbocycles. The maximum absolute atomic E-state index is 11.8. The van der Waals surface area contributed by atoms with Crippen LogP contribution in [0.15, 0.2) is 54.0 Å². The van der Waals surface area contributed by atoms with Gasteiger partial charge < -0.3 is 10.1 Å². The second-order valence-corrected chi connectivity index (χ2v) is 7.67. The van der Waals surface area contributed by atoms with Crippen molar-refractivity contribution in [3.8, 4) is 11.5 Å². The normalized spacial score (nSPS) is 16.2. The Bertz CT molecular complexity index is 934. The van der Waals surface area contributed by atoms with E-state index in [1.165, 1.54) is 11.3 Å². The van der Waals surface area contributed by atoms with Crippen LogP contribution in [-0.4, -0.2) is 22.4 Å². The second kappa shape index (κ2) is 8.06. The summed E-state index contributed by atoms with van der Waals surface area (Å²) < 4.78 is 7.70. The van der Waals surface area contributed by atoms with Crippen LogP contribution in [-0.2, 0) is 11.2 Å². The molecule has 1 N–H and O–H groups in total. The Hall–Kier alpha value is -2.45. The Morgan fingerprint density at radius 2 is 2.11 bits per heavy atom. The van der Waals surface area contributed by atoms with Crippen LogP contribution in [0.25, 0.3) is 0 Å². The van der Waals surface area contributed by atoms with E-state index in [2.05, 4.69) is 31.4 Å². The van der Waals surface area contributed by atoms with E-state index in [4.69, 9.17) is 4.74 Å². The number of halogens is 1. The molecule has 3 aromatic rings. The lowest BCUT2D eigenvalue weighted by atomic mass is 10.0. The van der Waals surface area contributed by atoms with Gasteiger partial charge in [-0.1, -0.05) is 18.2 Å². The largest absolute Gasteiger partial charge is 0.453 e. The monoisotopic (exact) mass is 444 g/mol. The molecule has 1 atom stereocenters. The van der Waals surface area contributed by atoms with Gasteiger partial charge in [-0.15, -0.1) is 11.3 Å². The highest BCUT2D eigenvalue weighted by atomic mass is 79.9. The zero-order chi connectivity index (χ0) is 18.6. The smallest absolute Gasteiger partial charge is 0.223 e. The van der Waals surface area contributed by atoms with Gasteiger partial charge in [0.05, 0.1) is 21.8 Å². The maximum Gasteiger partial charge on any atom is 0.223 e. The fraction of sp³-hybridized carbons (Fsp3) is 0.211. The zero-order valence-electron chi connectivity index (χ0n) is 14.3. The third-order valence-electron chi connectivity index (χ3n) is 4.23. The Labute approximate surface area is 169 Å². The number of thiazole rings is 1. The van der Waals surface area contributed by atoms with Gasteiger partial charge in [0.2, 0.25) is 11.0 Å². The van der Waals surface area contributed by atoms with Crippen molar-refractivity contribution in [3.05, 3.63) is 59.7 Å². The van der Waals surface area contributed by atoms with E-state index in [1.807, 2.05) is 47.8 Å². The first kappa shape index (κ1) is 17.9. The quantitative estimate of drug-likeness (QED) is 0.568. The highest BCUT2D eigenvalue weighted by Gasteiger charge is 2.26.